The third-order valence-electron chi connectivity index (χ3n) is 4.50. The first-order chi connectivity index (χ1) is 11.1. The van der Waals surface area contributed by atoms with Gasteiger partial charge in [-0.25, -0.2) is 0 Å². The first kappa shape index (κ1) is 17.8. The maximum Gasteiger partial charge on any atom is 0.253 e. The van der Waals surface area contributed by atoms with Crippen molar-refractivity contribution < 1.29 is 9.53 Å². The molecule has 0 bridgehead atoms. The highest BCUT2D eigenvalue weighted by molar-refractivity contribution is 5.94. The van der Waals surface area contributed by atoms with E-state index in [-0.39, 0.29) is 11.9 Å². The van der Waals surface area contributed by atoms with E-state index < -0.39 is 0 Å². The molecule has 0 spiro atoms. The number of ether oxygens (including phenoxy) is 1. The Labute approximate surface area is 139 Å². The molecule has 0 saturated carbocycles. The van der Waals surface area contributed by atoms with E-state index in [0.29, 0.717) is 6.61 Å². The molecule has 1 heterocycles. The second-order valence-electron chi connectivity index (χ2n) is 6.03. The van der Waals surface area contributed by atoms with Crippen molar-refractivity contribution in [3.8, 4) is 5.75 Å². The van der Waals surface area contributed by atoms with Gasteiger partial charge in [0.15, 0.2) is 0 Å². The van der Waals surface area contributed by atoms with Gasteiger partial charge in [0.2, 0.25) is 0 Å². The SMILES string of the molecule is CCN(CC)CCOc1ccc(C(=O)N2CCC(N)CC2)cc1. The third kappa shape index (κ3) is 5.22. The molecular weight excluding hydrogens is 290 g/mol. The first-order valence-electron chi connectivity index (χ1n) is 8.64. The quantitative estimate of drug-likeness (QED) is 0.835. The summed E-state index contributed by atoms with van der Waals surface area (Å²) in [6.45, 7) is 9.46. The minimum Gasteiger partial charge on any atom is -0.492 e. The average molecular weight is 319 g/mol. The van der Waals surface area contributed by atoms with Crippen molar-refractivity contribution in [2.45, 2.75) is 32.7 Å². The van der Waals surface area contributed by atoms with Crippen LogP contribution in [0.5, 0.6) is 5.75 Å². The van der Waals surface area contributed by atoms with Gasteiger partial charge in [-0.15, -0.1) is 0 Å². The largest absolute Gasteiger partial charge is 0.492 e. The Morgan fingerprint density at radius 2 is 1.83 bits per heavy atom. The van der Waals surface area contributed by atoms with Crippen molar-refractivity contribution in [2.75, 3.05) is 39.3 Å². The fourth-order valence-corrected chi connectivity index (χ4v) is 2.81. The van der Waals surface area contributed by atoms with Gasteiger partial charge < -0.3 is 20.3 Å². The first-order valence-corrected chi connectivity index (χ1v) is 8.64. The number of rotatable bonds is 7. The molecule has 5 heteroatoms. The molecule has 0 radical (unpaired) electrons. The highest BCUT2D eigenvalue weighted by atomic mass is 16.5. The molecular formula is C18H29N3O2. The van der Waals surface area contributed by atoms with Crippen LogP contribution in [-0.2, 0) is 0 Å². The van der Waals surface area contributed by atoms with E-state index in [1.807, 2.05) is 29.2 Å². The molecule has 0 aliphatic carbocycles. The Morgan fingerprint density at radius 3 is 2.39 bits per heavy atom. The summed E-state index contributed by atoms with van der Waals surface area (Å²) in [7, 11) is 0. The molecule has 1 aromatic carbocycles. The van der Waals surface area contributed by atoms with Gasteiger partial charge >= 0.3 is 0 Å². The standard InChI is InChI=1S/C18H29N3O2/c1-3-20(4-2)13-14-23-17-7-5-15(6-8-17)18(22)21-11-9-16(19)10-12-21/h5-8,16H,3-4,9-14,19H2,1-2H3. The van der Waals surface area contributed by atoms with E-state index in [1.54, 1.807) is 0 Å². The Hall–Kier alpha value is -1.59. The van der Waals surface area contributed by atoms with Crippen LogP contribution in [0.3, 0.4) is 0 Å². The van der Waals surface area contributed by atoms with Gasteiger partial charge in [-0.1, -0.05) is 13.8 Å². The summed E-state index contributed by atoms with van der Waals surface area (Å²) in [5.41, 5.74) is 6.60. The molecule has 2 rings (SSSR count). The van der Waals surface area contributed by atoms with Crippen molar-refractivity contribution in [2.24, 2.45) is 5.73 Å². The fraction of sp³-hybridized carbons (Fsp3) is 0.611. The lowest BCUT2D eigenvalue weighted by molar-refractivity contribution is 0.0714. The number of hydrogen-bond donors (Lipinski definition) is 1. The molecule has 1 amide bonds. The molecule has 1 aliphatic heterocycles. The maximum atomic E-state index is 12.4. The second-order valence-corrected chi connectivity index (χ2v) is 6.03. The number of likely N-dealkylation sites (tertiary alicyclic amines) is 1. The summed E-state index contributed by atoms with van der Waals surface area (Å²) in [6.07, 6.45) is 1.77. The van der Waals surface area contributed by atoms with Gasteiger partial charge in [0.05, 0.1) is 0 Å². The lowest BCUT2D eigenvalue weighted by Crippen LogP contribution is -2.42. The maximum absolute atomic E-state index is 12.4. The summed E-state index contributed by atoms with van der Waals surface area (Å²) < 4.78 is 5.75. The predicted octanol–water partition coefficient (Wildman–Crippen LogP) is 1.97. The summed E-state index contributed by atoms with van der Waals surface area (Å²) in [4.78, 5) is 16.6. The number of carbonyl (C=O) groups excluding carboxylic acids is 1. The monoisotopic (exact) mass is 319 g/mol. The Kier molecular flexibility index (Phi) is 6.86. The number of likely N-dealkylation sites (N-methyl/N-ethyl adjacent to an activating group) is 1. The number of piperidine rings is 1. The smallest absolute Gasteiger partial charge is 0.253 e. The lowest BCUT2D eigenvalue weighted by Gasteiger charge is -2.30. The van der Waals surface area contributed by atoms with Gasteiger partial charge in [-0.2, -0.15) is 0 Å². The zero-order valence-electron chi connectivity index (χ0n) is 14.3. The number of carbonyl (C=O) groups is 1. The minimum atomic E-state index is 0.0894. The minimum absolute atomic E-state index is 0.0894. The zero-order chi connectivity index (χ0) is 16.7. The van der Waals surface area contributed by atoms with E-state index >= 15 is 0 Å². The van der Waals surface area contributed by atoms with Crippen LogP contribution in [-0.4, -0.2) is 61.1 Å². The third-order valence-corrected chi connectivity index (χ3v) is 4.50. The summed E-state index contributed by atoms with van der Waals surface area (Å²) in [5, 5.41) is 0. The molecule has 5 nitrogen and oxygen atoms in total. The van der Waals surface area contributed by atoms with Crippen LogP contribution in [0, 0.1) is 0 Å². The van der Waals surface area contributed by atoms with Crippen LogP contribution in [0.1, 0.15) is 37.0 Å². The van der Waals surface area contributed by atoms with Gasteiger partial charge in [0, 0.05) is 31.2 Å². The van der Waals surface area contributed by atoms with Crippen LogP contribution in [0.2, 0.25) is 0 Å². The van der Waals surface area contributed by atoms with Gasteiger partial charge in [0.1, 0.15) is 12.4 Å². The Morgan fingerprint density at radius 1 is 1.22 bits per heavy atom. The Bertz CT molecular complexity index is 478. The molecule has 1 fully saturated rings. The van der Waals surface area contributed by atoms with Crippen molar-refractivity contribution in [1.29, 1.82) is 0 Å². The normalized spacial score (nSPS) is 15.9. The summed E-state index contributed by atoms with van der Waals surface area (Å²) >= 11 is 0. The van der Waals surface area contributed by atoms with E-state index in [0.717, 1.165) is 56.9 Å². The van der Waals surface area contributed by atoms with Crippen LogP contribution in [0.15, 0.2) is 24.3 Å². The number of nitrogens with zero attached hydrogens (tertiary/aromatic N) is 2. The number of amides is 1. The summed E-state index contributed by atoms with van der Waals surface area (Å²) in [5.74, 6) is 0.904. The second kappa shape index (κ2) is 8.89. The van der Waals surface area contributed by atoms with Crippen molar-refractivity contribution in [3.63, 3.8) is 0 Å². The van der Waals surface area contributed by atoms with Gasteiger partial charge in [-0.05, 0) is 50.2 Å². The van der Waals surface area contributed by atoms with Crippen molar-refractivity contribution in [1.82, 2.24) is 9.80 Å². The highest BCUT2D eigenvalue weighted by Gasteiger charge is 2.21. The van der Waals surface area contributed by atoms with Crippen LogP contribution >= 0.6 is 0 Å². The lowest BCUT2D eigenvalue weighted by atomic mass is 10.0. The number of benzene rings is 1. The molecule has 1 saturated heterocycles. The van der Waals surface area contributed by atoms with Crippen molar-refractivity contribution in [3.05, 3.63) is 29.8 Å². The van der Waals surface area contributed by atoms with E-state index in [2.05, 4.69) is 18.7 Å². The molecule has 0 aromatic heterocycles. The van der Waals surface area contributed by atoms with Gasteiger partial charge in [0.25, 0.3) is 5.91 Å². The molecule has 1 aliphatic rings. The molecule has 0 unspecified atom stereocenters. The van der Waals surface area contributed by atoms with Crippen LogP contribution in [0.25, 0.3) is 0 Å². The highest BCUT2D eigenvalue weighted by Crippen LogP contribution is 2.16. The molecule has 1 aromatic rings. The number of hydrogen-bond acceptors (Lipinski definition) is 4. The molecule has 23 heavy (non-hydrogen) atoms. The molecule has 0 atom stereocenters. The zero-order valence-corrected chi connectivity index (χ0v) is 14.3. The fourth-order valence-electron chi connectivity index (χ4n) is 2.81. The van der Waals surface area contributed by atoms with E-state index in [1.165, 1.54) is 0 Å². The average Bonchev–Trinajstić information content (AvgIpc) is 2.59. The van der Waals surface area contributed by atoms with E-state index in [4.69, 9.17) is 10.5 Å². The van der Waals surface area contributed by atoms with Crippen molar-refractivity contribution >= 4 is 5.91 Å². The van der Waals surface area contributed by atoms with Gasteiger partial charge in [-0.3, -0.25) is 4.79 Å². The predicted molar refractivity (Wildman–Crippen MR) is 92.8 cm³/mol. The Balaban J connectivity index is 1.83. The summed E-state index contributed by atoms with van der Waals surface area (Å²) in [6, 6.07) is 7.70. The van der Waals surface area contributed by atoms with Crippen LogP contribution in [0.4, 0.5) is 0 Å². The van der Waals surface area contributed by atoms with Crippen LogP contribution < -0.4 is 10.5 Å². The molecule has 2 N–H and O–H groups in total. The number of nitrogens with two attached hydrogens (primary N) is 1. The van der Waals surface area contributed by atoms with E-state index in [9.17, 15) is 4.79 Å². The topological polar surface area (TPSA) is 58.8 Å². The molecule has 128 valence electrons.